The number of anilines is 1. The maximum absolute atomic E-state index is 11.1. The number of rotatable bonds is 9. The Morgan fingerprint density at radius 1 is 1.41 bits per heavy atom. The van der Waals surface area contributed by atoms with Crippen LogP contribution in [0.1, 0.15) is 33.6 Å². The van der Waals surface area contributed by atoms with Crippen LogP contribution in [0.4, 0.5) is 5.95 Å². The molecular weight excluding hydrogens is 432 g/mol. The quantitative estimate of drug-likeness (QED) is 0.409. The number of hydrogen-bond acceptors (Lipinski definition) is 8. The number of nitrogens with one attached hydrogen (secondary N) is 2. The highest BCUT2D eigenvalue weighted by Crippen LogP contribution is 2.29. The van der Waals surface area contributed by atoms with E-state index >= 15 is 0 Å². The summed E-state index contributed by atoms with van der Waals surface area (Å²) in [4.78, 5) is 11.2. The molecule has 1 aliphatic rings. The van der Waals surface area contributed by atoms with Crippen molar-refractivity contribution in [1.29, 1.82) is 0 Å². The van der Waals surface area contributed by atoms with Crippen LogP contribution in [0, 0.1) is 11.8 Å². The maximum atomic E-state index is 11.1. The van der Waals surface area contributed by atoms with Gasteiger partial charge in [0.25, 0.3) is 0 Å². The Bertz CT molecular complexity index is 1050. The van der Waals surface area contributed by atoms with Crippen LogP contribution in [0.2, 0.25) is 0 Å². The Hall–Kier alpha value is -2.57. The summed E-state index contributed by atoms with van der Waals surface area (Å²) in [6.45, 7) is 8.47. The van der Waals surface area contributed by atoms with Crippen molar-refractivity contribution in [2.24, 2.45) is 11.8 Å². The lowest BCUT2D eigenvalue weighted by Crippen LogP contribution is -2.46. The molecule has 3 aromatic heterocycles. The van der Waals surface area contributed by atoms with Crippen molar-refractivity contribution in [3.8, 4) is 17.1 Å². The summed E-state index contributed by atoms with van der Waals surface area (Å²) in [7, 11) is 0. The average Bonchev–Trinajstić information content (AvgIpc) is 3.39. The minimum Gasteiger partial charge on any atom is -0.476 e. The first-order valence-electron chi connectivity index (χ1n) is 10.8. The van der Waals surface area contributed by atoms with Crippen molar-refractivity contribution in [1.82, 2.24) is 34.7 Å². The first-order valence-corrected chi connectivity index (χ1v) is 12.1. The second-order valence-electron chi connectivity index (χ2n) is 8.68. The molecule has 0 bridgehead atoms. The SMILES string of the molecule is CC(C)CCOc1c(-c2cn[nH]c2)ncc2nc(N[C@H]3CCN(CS(=O)O)C[C@H]3C)nn12. The number of H-pyrrole nitrogens is 1. The van der Waals surface area contributed by atoms with Gasteiger partial charge in [-0.3, -0.25) is 10.00 Å². The topological polar surface area (TPSA) is 134 Å². The van der Waals surface area contributed by atoms with Gasteiger partial charge in [-0.15, -0.1) is 5.10 Å². The van der Waals surface area contributed by atoms with E-state index in [1.165, 1.54) is 0 Å². The number of aromatic amines is 1. The molecule has 0 aromatic carbocycles. The molecule has 0 spiro atoms. The van der Waals surface area contributed by atoms with E-state index in [0.29, 0.717) is 35.7 Å². The van der Waals surface area contributed by atoms with Crippen molar-refractivity contribution in [3.05, 3.63) is 18.6 Å². The molecule has 1 saturated heterocycles. The highest BCUT2D eigenvalue weighted by Gasteiger charge is 2.28. The van der Waals surface area contributed by atoms with Gasteiger partial charge in [0.15, 0.2) is 16.7 Å². The summed E-state index contributed by atoms with van der Waals surface area (Å²) in [6.07, 6.45) is 6.90. The van der Waals surface area contributed by atoms with Gasteiger partial charge in [0, 0.05) is 30.9 Å². The van der Waals surface area contributed by atoms with Crippen molar-refractivity contribution in [2.75, 3.05) is 30.9 Å². The smallest absolute Gasteiger partial charge is 0.244 e. The zero-order chi connectivity index (χ0) is 22.7. The van der Waals surface area contributed by atoms with Crippen LogP contribution in [0.15, 0.2) is 18.6 Å². The molecule has 3 atom stereocenters. The molecule has 1 fully saturated rings. The van der Waals surface area contributed by atoms with E-state index in [2.05, 4.69) is 51.4 Å². The molecular formula is C20H30N8O3S. The molecule has 4 rings (SSSR count). The van der Waals surface area contributed by atoms with E-state index in [1.807, 2.05) is 4.90 Å². The zero-order valence-corrected chi connectivity index (χ0v) is 19.4. The molecule has 3 aromatic rings. The van der Waals surface area contributed by atoms with E-state index in [1.54, 1.807) is 23.1 Å². The summed E-state index contributed by atoms with van der Waals surface area (Å²) >= 11 is -1.81. The Morgan fingerprint density at radius 3 is 2.94 bits per heavy atom. The van der Waals surface area contributed by atoms with E-state index in [-0.39, 0.29) is 17.8 Å². The van der Waals surface area contributed by atoms with Gasteiger partial charge >= 0.3 is 0 Å². The van der Waals surface area contributed by atoms with Crippen molar-refractivity contribution in [2.45, 2.75) is 39.7 Å². The average molecular weight is 463 g/mol. The third-order valence-corrected chi connectivity index (χ3v) is 6.22. The van der Waals surface area contributed by atoms with Crippen LogP contribution in [0.5, 0.6) is 5.88 Å². The summed E-state index contributed by atoms with van der Waals surface area (Å²) in [6, 6.07) is 0.169. The van der Waals surface area contributed by atoms with Gasteiger partial charge in [-0.25, -0.2) is 9.19 Å². The molecule has 0 radical (unpaired) electrons. The third kappa shape index (κ3) is 5.25. The van der Waals surface area contributed by atoms with Gasteiger partial charge in [0.05, 0.1) is 19.0 Å². The standard InChI is InChI=1S/C20H30N8O3S/c1-13(2)5-7-31-19-18(15-8-22-23-9-15)21-10-17-25-20(26-28(17)19)24-16-4-6-27(11-14(16)3)12-32(29)30/h8-10,13-14,16H,4-7,11-12H2,1-3H3,(H,22,23)(H,24,26)(H,29,30)/t14-,16+/m1/s1. The second-order valence-corrected chi connectivity index (χ2v) is 9.58. The summed E-state index contributed by atoms with van der Waals surface area (Å²) < 4.78 is 28.1. The predicted molar refractivity (Wildman–Crippen MR) is 122 cm³/mol. The number of likely N-dealkylation sites (tertiary alicyclic amines) is 1. The molecule has 174 valence electrons. The number of nitrogens with zero attached hydrogens (tertiary/aromatic N) is 6. The van der Waals surface area contributed by atoms with Crippen molar-refractivity contribution in [3.63, 3.8) is 0 Å². The largest absolute Gasteiger partial charge is 0.476 e. The Kier molecular flexibility index (Phi) is 7.01. The number of hydrogen-bond donors (Lipinski definition) is 3. The summed E-state index contributed by atoms with van der Waals surface area (Å²) in [5.41, 5.74) is 2.07. The molecule has 1 aliphatic heterocycles. The maximum Gasteiger partial charge on any atom is 0.244 e. The molecule has 3 N–H and O–H groups in total. The molecule has 0 saturated carbocycles. The molecule has 0 amide bonds. The van der Waals surface area contributed by atoms with Gasteiger partial charge in [-0.1, -0.05) is 20.8 Å². The first kappa shape index (κ1) is 22.6. The lowest BCUT2D eigenvalue weighted by atomic mass is 9.94. The molecule has 32 heavy (non-hydrogen) atoms. The van der Waals surface area contributed by atoms with Crippen LogP contribution in [-0.4, -0.2) is 75.1 Å². The predicted octanol–water partition coefficient (Wildman–Crippen LogP) is 2.24. The Morgan fingerprint density at radius 2 is 2.25 bits per heavy atom. The fourth-order valence-corrected chi connectivity index (χ4v) is 4.43. The number of piperidine rings is 1. The molecule has 12 heteroatoms. The van der Waals surface area contributed by atoms with Gasteiger partial charge in [-0.05, 0) is 24.7 Å². The van der Waals surface area contributed by atoms with E-state index in [0.717, 1.165) is 31.5 Å². The molecule has 0 aliphatic carbocycles. The molecule has 11 nitrogen and oxygen atoms in total. The zero-order valence-electron chi connectivity index (χ0n) is 18.6. The lowest BCUT2D eigenvalue weighted by molar-refractivity contribution is 0.194. The van der Waals surface area contributed by atoms with Crippen LogP contribution in [-0.2, 0) is 11.1 Å². The monoisotopic (exact) mass is 462 g/mol. The van der Waals surface area contributed by atoms with Crippen molar-refractivity contribution >= 4 is 22.7 Å². The highest BCUT2D eigenvalue weighted by atomic mass is 32.2. The number of ether oxygens (including phenoxy) is 1. The van der Waals surface area contributed by atoms with Crippen LogP contribution >= 0.6 is 0 Å². The summed E-state index contributed by atoms with van der Waals surface area (Å²) in [5, 5.41) is 15.0. The van der Waals surface area contributed by atoms with Gasteiger partial charge in [-0.2, -0.15) is 14.6 Å². The van der Waals surface area contributed by atoms with E-state index in [4.69, 9.17) is 9.29 Å². The van der Waals surface area contributed by atoms with Crippen LogP contribution in [0.3, 0.4) is 0 Å². The summed E-state index contributed by atoms with van der Waals surface area (Å²) in [5.74, 6) is 2.03. The lowest BCUT2D eigenvalue weighted by Gasteiger charge is -2.36. The number of fused-ring (bicyclic) bond motifs is 1. The van der Waals surface area contributed by atoms with Crippen molar-refractivity contribution < 1.29 is 13.5 Å². The highest BCUT2D eigenvalue weighted by molar-refractivity contribution is 7.79. The fourth-order valence-electron chi connectivity index (χ4n) is 3.88. The number of aromatic nitrogens is 6. The molecule has 4 heterocycles. The normalized spacial score (nSPS) is 20.7. The minimum atomic E-state index is -1.81. The first-order chi connectivity index (χ1) is 15.4. The van der Waals surface area contributed by atoms with Crippen LogP contribution < -0.4 is 10.1 Å². The fraction of sp³-hybridized carbons (Fsp3) is 0.600. The van der Waals surface area contributed by atoms with E-state index in [9.17, 15) is 4.21 Å². The van der Waals surface area contributed by atoms with Gasteiger partial charge in [0.1, 0.15) is 11.6 Å². The van der Waals surface area contributed by atoms with Gasteiger partial charge < -0.3 is 14.6 Å². The van der Waals surface area contributed by atoms with Gasteiger partial charge in [0.2, 0.25) is 11.8 Å². The Balaban J connectivity index is 1.56. The second kappa shape index (κ2) is 9.92. The Labute approximate surface area is 189 Å². The van der Waals surface area contributed by atoms with E-state index < -0.39 is 11.1 Å². The third-order valence-electron chi connectivity index (χ3n) is 5.64. The van der Waals surface area contributed by atoms with Crippen LogP contribution in [0.25, 0.3) is 16.9 Å². The molecule has 1 unspecified atom stereocenters. The minimum absolute atomic E-state index is 0.169.